The number of para-hydroxylation sites is 1. The van der Waals surface area contributed by atoms with Crippen LogP contribution in [0.1, 0.15) is 22.7 Å². The van der Waals surface area contributed by atoms with Crippen molar-refractivity contribution in [3.8, 4) is 0 Å². The third kappa shape index (κ3) is 5.35. The first-order chi connectivity index (χ1) is 13.5. The van der Waals surface area contributed by atoms with Gasteiger partial charge in [-0.05, 0) is 48.2 Å². The quantitative estimate of drug-likeness (QED) is 0.513. The van der Waals surface area contributed by atoms with Crippen molar-refractivity contribution in [2.24, 2.45) is 0 Å². The van der Waals surface area contributed by atoms with E-state index in [1.54, 1.807) is 6.07 Å². The summed E-state index contributed by atoms with van der Waals surface area (Å²) in [4.78, 5) is 13.0. The number of halogens is 2. The third-order valence-corrected chi connectivity index (χ3v) is 5.28. The molecule has 5 heteroatoms. The Morgan fingerprint density at radius 2 is 1.64 bits per heavy atom. The largest absolute Gasteiger partial charge is 0.324 e. The van der Waals surface area contributed by atoms with Crippen LogP contribution in [0, 0.1) is 6.92 Å². The summed E-state index contributed by atoms with van der Waals surface area (Å²) in [5, 5.41) is 7.48. The molecule has 0 heterocycles. The summed E-state index contributed by atoms with van der Waals surface area (Å²) in [6.07, 6.45) is 0.734. The number of hydrogen-bond donors (Lipinski definition) is 2. The Kier molecular flexibility index (Phi) is 7.10. The summed E-state index contributed by atoms with van der Waals surface area (Å²) >= 11 is 12.1. The summed E-state index contributed by atoms with van der Waals surface area (Å²) in [6, 6.07) is 22.6. The fourth-order valence-corrected chi connectivity index (χ4v) is 3.30. The molecule has 2 N–H and O–H groups in total. The average Bonchev–Trinajstić information content (AvgIpc) is 2.70. The molecule has 3 nitrogen and oxygen atoms in total. The molecular weight excluding hydrogens is 391 g/mol. The van der Waals surface area contributed by atoms with Gasteiger partial charge in [0.2, 0.25) is 5.91 Å². The molecule has 0 unspecified atom stereocenters. The predicted molar refractivity (Wildman–Crippen MR) is 117 cm³/mol. The average molecular weight is 413 g/mol. The highest BCUT2D eigenvalue weighted by Gasteiger charge is 2.20. The number of nitrogens with one attached hydrogen (secondary N) is 2. The minimum atomic E-state index is -0.455. The topological polar surface area (TPSA) is 41.1 Å². The van der Waals surface area contributed by atoms with Crippen LogP contribution in [0.15, 0.2) is 72.8 Å². The second-order valence-electron chi connectivity index (χ2n) is 6.60. The zero-order valence-corrected chi connectivity index (χ0v) is 17.1. The van der Waals surface area contributed by atoms with Gasteiger partial charge in [0.25, 0.3) is 0 Å². The summed E-state index contributed by atoms with van der Waals surface area (Å²) in [6.45, 7) is 2.60. The van der Waals surface area contributed by atoms with Crippen LogP contribution in [0.5, 0.6) is 0 Å². The van der Waals surface area contributed by atoms with E-state index >= 15 is 0 Å². The Bertz CT molecular complexity index is 944. The fourth-order valence-electron chi connectivity index (χ4n) is 2.98. The van der Waals surface area contributed by atoms with Gasteiger partial charge >= 0.3 is 0 Å². The van der Waals surface area contributed by atoms with Gasteiger partial charge in [-0.2, -0.15) is 0 Å². The molecular formula is C23H22Cl2N2O. The van der Waals surface area contributed by atoms with E-state index in [9.17, 15) is 4.79 Å². The highest BCUT2D eigenvalue weighted by atomic mass is 35.5. The van der Waals surface area contributed by atoms with Crippen LogP contribution in [0.2, 0.25) is 10.0 Å². The van der Waals surface area contributed by atoms with Crippen LogP contribution < -0.4 is 10.6 Å². The molecule has 0 aliphatic heterocycles. The standard InChI is InChI=1S/C23H22Cl2N2O/c1-16-7-5-6-10-21(16)27-23(28)22(18-8-3-2-4-9-18)26-14-13-17-11-12-19(24)20(25)15-17/h2-12,15,22,26H,13-14H2,1H3,(H,27,28)/t22-/m1/s1. The molecule has 28 heavy (non-hydrogen) atoms. The van der Waals surface area contributed by atoms with Crippen LogP contribution in [0.3, 0.4) is 0 Å². The van der Waals surface area contributed by atoms with Gasteiger partial charge in [0.15, 0.2) is 0 Å². The number of rotatable bonds is 7. The maximum Gasteiger partial charge on any atom is 0.246 e. The molecule has 0 fully saturated rings. The van der Waals surface area contributed by atoms with Crippen molar-refractivity contribution < 1.29 is 4.79 Å². The molecule has 1 atom stereocenters. The maximum absolute atomic E-state index is 13.0. The summed E-state index contributed by atoms with van der Waals surface area (Å²) in [7, 11) is 0. The van der Waals surface area contributed by atoms with Crippen molar-refractivity contribution in [2.45, 2.75) is 19.4 Å². The van der Waals surface area contributed by atoms with E-state index in [0.717, 1.165) is 28.8 Å². The van der Waals surface area contributed by atoms with E-state index in [4.69, 9.17) is 23.2 Å². The number of amides is 1. The first-order valence-electron chi connectivity index (χ1n) is 9.13. The van der Waals surface area contributed by atoms with Crippen molar-refractivity contribution in [3.63, 3.8) is 0 Å². The van der Waals surface area contributed by atoms with Crippen LogP contribution in [0.4, 0.5) is 5.69 Å². The number of carbonyl (C=O) groups excluding carboxylic acids is 1. The van der Waals surface area contributed by atoms with Crippen molar-refractivity contribution >= 4 is 34.8 Å². The molecule has 3 aromatic carbocycles. The van der Waals surface area contributed by atoms with Crippen LogP contribution >= 0.6 is 23.2 Å². The zero-order chi connectivity index (χ0) is 19.9. The maximum atomic E-state index is 13.0. The van der Waals surface area contributed by atoms with Gasteiger partial charge in [-0.15, -0.1) is 0 Å². The van der Waals surface area contributed by atoms with E-state index in [2.05, 4.69) is 10.6 Å². The lowest BCUT2D eigenvalue weighted by molar-refractivity contribution is -0.118. The lowest BCUT2D eigenvalue weighted by Gasteiger charge is -2.20. The molecule has 0 spiro atoms. The summed E-state index contributed by atoms with van der Waals surface area (Å²) < 4.78 is 0. The van der Waals surface area contributed by atoms with E-state index in [0.29, 0.717) is 16.6 Å². The van der Waals surface area contributed by atoms with Crippen LogP contribution in [-0.2, 0) is 11.2 Å². The number of anilines is 1. The van der Waals surface area contributed by atoms with Gasteiger partial charge in [-0.25, -0.2) is 0 Å². The first kappa shape index (κ1) is 20.4. The van der Waals surface area contributed by atoms with E-state index < -0.39 is 6.04 Å². The Hall–Kier alpha value is -2.33. The number of carbonyl (C=O) groups is 1. The van der Waals surface area contributed by atoms with E-state index in [1.165, 1.54) is 0 Å². The van der Waals surface area contributed by atoms with Crippen molar-refractivity contribution in [2.75, 3.05) is 11.9 Å². The smallest absolute Gasteiger partial charge is 0.246 e. The van der Waals surface area contributed by atoms with Crippen molar-refractivity contribution in [1.29, 1.82) is 0 Å². The van der Waals surface area contributed by atoms with Crippen LogP contribution in [-0.4, -0.2) is 12.5 Å². The second kappa shape index (κ2) is 9.74. The highest BCUT2D eigenvalue weighted by Crippen LogP contribution is 2.23. The summed E-state index contributed by atoms with van der Waals surface area (Å²) in [5.74, 6) is -0.0883. The number of aryl methyl sites for hydroxylation is 1. The SMILES string of the molecule is Cc1ccccc1NC(=O)[C@H](NCCc1ccc(Cl)c(Cl)c1)c1ccccc1. The molecule has 0 aliphatic rings. The molecule has 0 saturated carbocycles. The van der Waals surface area contributed by atoms with E-state index in [-0.39, 0.29) is 5.91 Å². The first-order valence-corrected chi connectivity index (χ1v) is 9.89. The fraction of sp³-hybridized carbons (Fsp3) is 0.174. The second-order valence-corrected chi connectivity index (χ2v) is 7.41. The summed E-state index contributed by atoms with van der Waals surface area (Å²) in [5.41, 5.74) is 3.83. The van der Waals surface area contributed by atoms with E-state index in [1.807, 2.05) is 73.7 Å². The van der Waals surface area contributed by atoms with Crippen LogP contribution in [0.25, 0.3) is 0 Å². The molecule has 0 saturated heterocycles. The van der Waals surface area contributed by atoms with Gasteiger partial charge < -0.3 is 10.6 Å². The van der Waals surface area contributed by atoms with Gasteiger partial charge in [0.05, 0.1) is 10.0 Å². The minimum Gasteiger partial charge on any atom is -0.324 e. The molecule has 3 rings (SSSR count). The predicted octanol–water partition coefficient (Wildman–Crippen LogP) is 5.81. The normalized spacial score (nSPS) is 11.8. The third-order valence-electron chi connectivity index (χ3n) is 4.54. The Morgan fingerprint density at radius 3 is 2.36 bits per heavy atom. The zero-order valence-electron chi connectivity index (χ0n) is 15.6. The van der Waals surface area contributed by atoms with Gasteiger partial charge in [0, 0.05) is 12.2 Å². The highest BCUT2D eigenvalue weighted by molar-refractivity contribution is 6.42. The molecule has 3 aromatic rings. The molecule has 0 aromatic heterocycles. The molecule has 0 radical (unpaired) electrons. The lowest BCUT2D eigenvalue weighted by Crippen LogP contribution is -2.34. The molecule has 144 valence electrons. The Morgan fingerprint density at radius 1 is 0.929 bits per heavy atom. The lowest BCUT2D eigenvalue weighted by atomic mass is 10.0. The van der Waals surface area contributed by atoms with Crippen molar-refractivity contribution in [3.05, 3.63) is 99.5 Å². The number of benzene rings is 3. The molecule has 0 bridgehead atoms. The molecule has 0 aliphatic carbocycles. The molecule has 1 amide bonds. The van der Waals surface area contributed by atoms with Gasteiger partial charge in [0.1, 0.15) is 6.04 Å². The van der Waals surface area contributed by atoms with Gasteiger partial charge in [-0.3, -0.25) is 4.79 Å². The minimum absolute atomic E-state index is 0.0883. The Balaban J connectivity index is 1.71. The van der Waals surface area contributed by atoms with Crippen molar-refractivity contribution in [1.82, 2.24) is 5.32 Å². The Labute approximate surface area is 175 Å². The van der Waals surface area contributed by atoms with Gasteiger partial charge in [-0.1, -0.05) is 77.8 Å². The monoisotopic (exact) mass is 412 g/mol. The number of hydrogen-bond acceptors (Lipinski definition) is 2.